The Balaban J connectivity index is 1.34. The molecular formula is C25H32N2O3. The molecule has 0 spiro atoms. The number of ether oxygens (including phenoxy) is 2. The maximum absolute atomic E-state index is 11.3. The second-order valence-electron chi connectivity index (χ2n) is 8.91. The average molecular weight is 409 g/mol. The maximum atomic E-state index is 11.3. The number of benzene rings is 1. The fraction of sp³-hybridized carbons (Fsp3) is 0.520. The molecule has 2 aliphatic rings. The van der Waals surface area contributed by atoms with E-state index in [0.717, 1.165) is 43.7 Å². The molecule has 1 aliphatic carbocycles. The Labute approximate surface area is 179 Å². The van der Waals surface area contributed by atoms with Crippen LogP contribution in [0.25, 0.3) is 0 Å². The SMILES string of the molecule is CC(=O)C[C@@H](C)c1ccc(OC2CCN(c3cc(OCC4CC4)ncc3C)C2)cc1. The van der Waals surface area contributed by atoms with Gasteiger partial charge in [-0.25, -0.2) is 4.98 Å². The Bertz CT molecular complexity index is 876. The molecule has 0 amide bonds. The van der Waals surface area contributed by atoms with E-state index < -0.39 is 0 Å². The number of hydrogen-bond donors (Lipinski definition) is 0. The Morgan fingerprint density at radius 1 is 1.23 bits per heavy atom. The predicted octanol–water partition coefficient (Wildman–Crippen LogP) is 4.92. The highest BCUT2D eigenvalue weighted by Crippen LogP contribution is 2.32. The third-order valence-electron chi connectivity index (χ3n) is 6.04. The molecule has 30 heavy (non-hydrogen) atoms. The van der Waals surface area contributed by atoms with Gasteiger partial charge in [0.25, 0.3) is 0 Å². The summed E-state index contributed by atoms with van der Waals surface area (Å²) in [5.74, 6) is 2.80. The van der Waals surface area contributed by atoms with Crippen LogP contribution >= 0.6 is 0 Å². The third kappa shape index (κ3) is 5.32. The lowest BCUT2D eigenvalue weighted by Crippen LogP contribution is -2.25. The summed E-state index contributed by atoms with van der Waals surface area (Å²) in [6, 6.07) is 10.3. The molecule has 1 aliphatic heterocycles. The number of carbonyl (C=O) groups is 1. The molecule has 5 heteroatoms. The number of nitrogens with zero attached hydrogens (tertiary/aromatic N) is 2. The van der Waals surface area contributed by atoms with Crippen LogP contribution in [-0.2, 0) is 4.79 Å². The van der Waals surface area contributed by atoms with Crippen LogP contribution in [0.15, 0.2) is 36.5 Å². The maximum Gasteiger partial charge on any atom is 0.215 e. The quantitative estimate of drug-likeness (QED) is 0.589. The molecule has 1 aromatic carbocycles. The number of aromatic nitrogens is 1. The number of aryl methyl sites for hydroxylation is 1. The average Bonchev–Trinajstić information content (AvgIpc) is 3.44. The summed E-state index contributed by atoms with van der Waals surface area (Å²) in [6.07, 6.45) is 6.19. The van der Waals surface area contributed by atoms with Gasteiger partial charge in [-0.05, 0) is 61.8 Å². The van der Waals surface area contributed by atoms with Crippen molar-refractivity contribution < 1.29 is 14.3 Å². The molecule has 0 bridgehead atoms. The zero-order chi connectivity index (χ0) is 21.1. The molecule has 1 aromatic heterocycles. The van der Waals surface area contributed by atoms with Gasteiger partial charge in [0.1, 0.15) is 17.6 Å². The standard InChI is InChI=1S/C25H32N2O3/c1-17(12-19(3)28)21-6-8-22(9-7-21)30-23-10-11-27(15-23)24-13-25(26-14-18(24)2)29-16-20-4-5-20/h6-9,13-14,17,20,23H,4-5,10-12,15-16H2,1-3H3/t17-,23?/m1/s1. The molecule has 1 saturated heterocycles. The van der Waals surface area contributed by atoms with Crippen molar-refractivity contribution >= 4 is 11.5 Å². The number of pyridine rings is 1. The molecule has 0 N–H and O–H groups in total. The Hall–Kier alpha value is -2.56. The number of rotatable bonds is 9. The first-order chi connectivity index (χ1) is 14.5. The zero-order valence-electron chi connectivity index (χ0n) is 18.3. The molecule has 2 heterocycles. The lowest BCUT2D eigenvalue weighted by atomic mass is 9.96. The van der Waals surface area contributed by atoms with E-state index >= 15 is 0 Å². The molecule has 2 fully saturated rings. The summed E-state index contributed by atoms with van der Waals surface area (Å²) in [5, 5.41) is 0. The summed E-state index contributed by atoms with van der Waals surface area (Å²) >= 11 is 0. The highest BCUT2D eigenvalue weighted by atomic mass is 16.5. The van der Waals surface area contributed by atoms with Crippen LogP contribution in [0.4, 0.5) is 5.69 Å². The predicted molar refractivity (Wildman–Crippen MR) is 119 cm³/mol. The first kappa shape index (κ1) is 20.7. The van der Waals surface area contributed by atoms with Crippen molar-refractivity contribution in [2.45, 2.75) is 58.5 Å². The van der Waals surface area contributed by atoms with Gasteiger partial charge in [-0.3, -0.25) is 0 Å². The number of Topliss-reactive ketones (excluding diaryl/α,β-unsaturated/α-hetero) is 1. The topological polar surface area (TPSA) is 51.7 Å². The van der Waals surface area contributed by atoms with E-state index in [9.17, 15) is 4.79 Å². The molecule has 5 nitrogen and oxygen atoms in total. The molecule has 0 radical (unpaired) electrons. The summed E-state index contributed by atoms with van der Waals surface area (Å²) in [7, 11) is 0. The van der Waals surface area contributed by atoms with Crippen molar-refractivity contribution in [3.05, 3.63) is 47.7 Å². The van der Waals surface area contributed by atoms with Gasteiger partial charge in [0, 0.05) is 37.3 Å². The lowest BCUT2D eigenvalue weighted by Gasteiger charge is -2.22. The molecule has 1 saturated carbocycles. The number of hydrogen-bond acceptors (Lipinski definition) is 5. The Morgan fingerprint density at radius 3 is 2.70 bits per heavy atom. The fourth-order valence-electron chi connectivity index (χ4n) is 4.06. The van der Waals surface area contributed by atoms with Gasteiger partial charge in [0.15, 0.2) is 0 Å². The van der Waals surface area contributed by atoms with Gasteiger partial charge in [-0.15, -0.1) is 0 Å². The van der Waals surface area contributed by atoms with E-state index in [-0.39, 0.29) is 17.8 Å². The zero-order valence-corrected chi connectivity index (χ0v) is 18.3. The van der Waals surface area contributed by atoms with Gasteiger partial charge < -0.3 is 19.2 Å². The van der Waals surface area contributed by atoms with E-state index in [0.29, 0.717) is 6.42 Å². The van der Waals surface area contributed by atoms with Gasteiger partial charge in [0.05, 0.1) is 13.2 Å². The molecule has 2 atom stereocenters. The van der Waals surface area contributed by atoms with Crippen LogP contribution < -0.4 is 14.4 Å². The Morgan fingerprint density at radius 2 is 2.00 bits per heavy atom. The highest BCUT2D eigenvalue weighted by Gasteiger charge is 2.26. The monoisotopic (exact) mass is 408 g/mol. The van der Waals surface area contributed by atoms with Crippen LogP contribution in [-0.4, -0.2) is 36.6 Å². The molecule has 1 unspecified atom stereocenters. The lowest BCUT2D eigenvalue weighted by molar-refractivity contribution is -0.117. The van der Waals surface area contributed by atoms with Gasteiger partial charge in [0.2, 0.25) is 5.88 Å². The van der Waals surface area contributed by atoms with Crippen LogP contribution in [0.2, 0.25) is 0 Å². The van der Waals surface area contributed by atoms with Crippen molar-refractivity contribution in [1.82, 2.24) is 4.98 Å². The van der Waals surface area contributed by atoms with Crippen LogP contribution in [0.1, 0.15) is 56.6 Å². The third-order valence-corrected chi connectivity index (χ3v) is 6.04. The Kier molecular flexibility index (Phi) is 6.26. The fourth-order valence-corrected chi connectivity index (χ4v) is 4.06. The highest BCUT2D eigenvalue weighted by molar-refractivity contribution is 5.76. The smallest absolute Gasteiger partial charge is 0.215 e. The second-order valence-corrected chi connectivity index (χ2v) is 8.91. The molecule has 2 aromatic rings. The number of carbonyl (C=O) groups excluding carboxylic acids is 1. The largest absolute Gasteiger partial charge is 0.489 e. The minimum Gasteiger partial charge on any atom is -0.489 e. The van der Waals surface area contributed by atoms with Crippen molar-refractivity contribution in [1.29, 1.82) is 0 Å². The van der Waals surface area contributed by atoms with Gasteiger partial charge in [-0.2, -0.15) is 0 Å². The van der Waals surface area contributed by atoms with E-state index in [1.165, 1.54) is 29.7 Å². The minimum absolute atomic E-state index is 0.161. The van der Waals surface area contributed by atoms with E-state index in [1.807, 2.05) is 18.3 Å². The molecule has 160 valence electrons. The van der Waals surface area contributed by atoms with Crippen molar-refractivity contribution in [2.75, 3.05) is 24.6 Å². The normalized spacial score (nSPS) is 19.6. The van der Waals surface area contributed by atoms with Crippen molar-refractivity contribution in [2.24, 2.45) is 5.92 Å². The van der Waals surface area contributed by atoms with Crippen LogP contribution in [0.3, 0.4) is 0 Å². The molecule has 4 rings (SSSR count). The van der Waals surface area contributed by atoms with E-state index in [4.69, 9.17) is 9.47 Å². The second kappa shape index (κ2) is 9.07. The summed E-state index contributed by atoms with van der Waals surface area (Å²) < 4.78 is 12.1. The van der Waals surface area contributed by atoms with Crippen molar-refractivity contribution in [3.8, 4) is 11.6 Å². The first-order valence-corrected chi connectivity index (χ1v) is 11.1. The first-order valence-electron chi connectivity index (χ1n) is 11.1. The summed E-state index contributed by atoms with van der Waals surface area (Å²) in [4.78, 5) is 18.2. The van der Waals surface area contributed by atoms with Crippen LogP contribution in [0.5, 0.6) is 11.6 Å². The summed E-state index contributed by atoms with van der Waals surface area (Å²) in [5.41, 5.74) is 3.53. The summed E-state index contributed by atoms with van der Waals surface area (Å²) in [6.45, 7) is 8.43. The van der Waals surface area contributed by atoms with Crippen molar-refractivity contribution in [3.63, 3.8) is 0 Å². The minimum atomic E-state index is 0.161. The number of ketones is 1. The molecular weight excluding hydrogens is 376 g/mol. The van der Waals surface area contributed by atoms with E-state index in [1.54, 1.807) is 6.92 Å². The number of anilines is 1. The van der Waals surface area contributed by atoms with Crippen LogP contribution in [0, 0.1) is 12.8 Å². The van der Waals surface area contributed by atoms with Gasteiger partial charge >= 0.3 is 0 Å². The van der Waals surface area contributed by atoms with E-state index in [2.05, 4.69) is 41.9 Å². The van der Waals surface area contributed by atoms with Gasteiger partial charge in [-0.1, -0.05) is 19.1 Å².